The molecule has 94 valence electrons. The summed E-state index contributed by atoms with van der Waals surface area (Å²) in [7, 11) is 0. The van der Waals surface area contributed by atoms with Gasteiger partial charge in [-0.05, 0) is 43.0 Å². The molecule has 1 rings (SSSR count). The van der Waals surface area contributed by atoms with Crippen LogP contribution >= 0.6 is 11.6 Å². The molecule has 1 aromatic rings. The molecule has 0 aliphatic heterocycles. The van der Waals surface area contributed by atoms with Crippen molar-refractivity contribution in [1.82, 2.24) is 5.32 Å². The van der Waals surface area contributed by atoms with Crippen LogP contribution in [0.2, 0.25) is 5.02 Å². The lowest BCUT2D eigenvalue weighted by atomic mass is 9.86. The van der Waals surface area contributed by atoms with Crippen LogP contribution in [-0.2, 0) is 5.41 Å². The van der Waals surface area contributed by atoms with E-state index >= 15 is 0 Å². The number of halogens is 1. The summed E-state index contributed by atoms with van der Waals surface area (Å²) in [5.74, 6) is -0.0759. The van der Waals surface area contributed by atoms with E-state index in [4.69, 9.17) is 11.6 Å². The summed E-state index contributed by atoms with van der Waals surface area (Å²) in [4.78, 5) is 11.9. The van der Waals surface area contributed by atoms with Gasteiger partial charge < -0.3 is 5.32 Å². The fourth-order valence-corrected chi connectivity index (χ4v) is 1.73. The van der Waals surface area contributed by atoms with Gasteiger partial charge in [0.1, 0.15) is 0 Å². The standard InChI is InChI=1S/C14H20ClNO/c1-9(2)16-13(17)10-6-11(14(3,4)5)8-12(15)7-10/h6-9H,1-5H3,(H,16,17). The third-order valence-corrected chi connectivity index (χ3v) is 2.66. The van der Waals surface area contributed by atoms with E-state index in [0.717, 1.165) is 5.56 Å². The van der Waals surface area contributed by atoms with Gasteiger partial charge in [0, 0.05) is 16.6 Å². The topological polar surface area (TPSA) is 29.1 Å². The smallest absolute Gasteiger partial charge is 0.251 e. The molecule has 0 aliphatic carbocycles. The largest absolute Gasteiger partial charge is 0.350 e. The van der Waals surface area contributed by atoms with Gasteiger partial charge >= 0.3 is 0 Å². The summed E-state index contributed by atoms with van der Waals surface area (Å²) in [6.07, 6.45) is 0. The number of amides is 1. The van der Waals surface area contributed by atoms with E-state index in [1.165, 1.54) is 0 Å². The summed E-state index contributed by atoms with van der Waals surface area (Å²) in [5, 5.41) is 3.47. The van der Waals surface area contributed by atoms with Crippen LogP contribution in [0.25, 0.3) is 0 Å². The zero-order valence-corrected chi connectivity index (χ0v) is 11.9. The predicted octanol–water partition coefficient (Wildman–Crippen LogP) is 3.78. The Morgan fingerprint density at radius 3 is 2.29 bits per heavy atom. The van der Waals surface area contributed by atoms with Gasteiger partial charge in [-0.25, -0.2) is 0 Å². The highest BCUT2D eigenvalue weighted by molar-refractivity contribution is 6.31. The maximum atomic E-state index is 11.9. The lowest BCUT2D eigenvalue weighted by molar-refractivity contribution is 0.0943. The number of nitrogens with one attached hydrogen (secondary N) is 1. The van der Waals surface area contributed by atoms with Crippen molar-refractivity contribution in [2.75, 3.05) is 0 Å². The molecular weight excluding hydrogens is 234 g/mol. The average molecular weight is 254 g/mol. The molecule has 0 aromatic heterocycles. The highest BCUT2D eigenvalue weighted by atomic mass is 35.5. The van der Waals surface area contributed by atoms with Crippen LogP contribution < -0.4 is 5.32 Å². The third-order valence-electron chi connectivity index (χ3n) is 2.45. The molecule has 0 aliphatic rings. The molecule has 1 N–H and O–H groups in total. The number of carbonyl (C=O) groups excluding carboxylic acids is 1. The number of rotatable bonds is 2. The Kier molecular flexibility index (Phi) is 4.21. The van der Waals surface area contributed by atoms with E-state index < -0.39 is 0 Å². The summed E-state index contributed by atoms with van der Waals surface area (Å²) >= 11 is 6.06. The first-order valence-corrected chi connectivity index (χ1v) is 6.20. The lowest BCUT2D eigenvalue weighted by Crippen LogP contribution is -2.30. The maximum Gasteiger partial charge on any atom is 0.251 e. The minimum Gasteiger partial charge on any atom is -0.350 e. The van der Waals surface area contributed by atoms with Crippen molar-refractivity contribution in [3.8, 4) is 0 Å². The highest BCUT2D eigenvalue weighted by Gasteiger charge is 2.17. The van der Waals surface area contributed by atoms with Gasteiger partial charge in [0.25, 0.3) is 5.91 Å². The van der Waals surface area contributed by atoms with Gasteiger partial charge in [0.05, 0.1) is 0 Å². The molecule has 0 unspecified atom stereocenters. The molecule has 0 fully saturated rings. The van der Waals surface area contributed by atoms with Crippen LogP contribution in [0.3, 0.4) is 0 Å². The van der Waals surface area contributed by atoms with Gasteiger partial charge in [-0.1, -0.05) is 32.4 Å². The number of benzene rings is 1. The van der Waals surface area contributed by atoms with Crippen molar-refractivity contribution >= 4 is 17.5 Å². The lowest BCUT2D eigenvalue weighted by Gasteiger charge is -2.20. The number of carbonyl (C=O) groups is 1. The first kappa shape index (κ1) is 14.0. The second kappa shape index (κ2) is 5.09. The Bertz CT molecular complexity index is 419. The van der Waals surface area contributed by atoms with Crippen molar-refractivity contribution in [3.63, 3.8) is 0 Å². The van der Waals surface area contributed by atoms with Crippen LogP contribution in [0.15, 0.2) is 18.2 Å². The number of hydrogen-bond acceptors (Lipinski definition) is 1. The van der Waals surface area contributed by atoms with Crippen LogP contribution in [0.4, 0.5) is 0 Å². The average Bonchev–Trinajstić information content (AvgIpc) is 2.14. The van der Waals surface area contributed by atoms with Crippen molar-refractivity contribution in [2.24, 2.45) is 0 Å². The highest BCUT2D eigenvalue weighted by Crippen LogP contribution is 2.26. The predicted molar refractivity (Wildman–Crippen MR) is 72.8 cm³/mol. The number of hydrogen-bond donors (Lipinski definition) is 1. The van der Waals surface area contributed by atoms with E-state index in [9.17, 15) is 4.79 Å². The Morgan fingerprint density at radius 2 is 1.82 bits per heavy atom. The molecule has 1 aromatic carbocycles. The summed E-state index contributed by atoms with van der Waals surface area (Å²) in [5.41, 5.74) is 1.67. The van der Waals surface area contributed by atoms with Gasteiger partial charge in [0.2, 0.25) is 0 Å². The Hall–Kier alpha value is -1.02. The van der Waals surface area contributed by atoms with Crippen LogP contribution in [0.1, 0.15) is 50.5 Å². The molecule has 0 radical (unpaired) electrons. The minimum atomic E-state index is -0.0759. The molecule has 3 heteroatoms. The van der Waals surface area contributed by atoms with Crippen LogP contribution in [-0.4, -0.2) is 11.9 Å². The molecule has 2 nitrogen and oxygen atoms in total. The van der Waals surface area contributed by atoms with Crippen LogP contribution in [0, 0.1) is 0 Å². The Balaban J connectivity index is 3.10. The molecule has 0 atom stereocenters. The second-order valence-corrected chi connectivity index (χ2v) is 6.04. The van der Waals surface area contributed by atoms with E-state index in [-0.39, 0.29) is 17.4 Å². The summed E-state index contributed by atoms with van der Waals surface area (Å²) in [6.45, 7) is 10.2. The molecule has 0 bridgehead atoms. The Morgan fingerprint density at radius 1 is 1.24 bits per heavy atom. The SMILES string of the molecule is CC(C)NC(=O)c1cc(Cl)cc(C(C)(C)C)c1. The summed E-state index contributed by atoms with van der Waals surface area (Å²) in [6, 6.07) is 5.64. The monoisotopic (exact) mass is 253 g/mol. The fraction of sp³-hybridized carbons (Fsp3) is 0.500. The molecule has 17 heavy (non-hydrogen) atoms. The Labute approximate surface area is 108 Å². The first-order chi connectivity index (χ1) is 7.70. The molecular formula is C14H20ClNO. The van der Waals surface area contributed by atoms with E-state index in [2.05, 4.69) is 26.1 Å². The zero-order valence-electron chi connectivity index (χ0n) is 11.1. The van der Waals surface area contributed by atoms with Crippen LogP contribution in [0.5, 0.6) is 0 Å². The summed E-state index contributed by atoms with van der Waals surface area (Å²) < 4.78 is 0. The van der Waals surface area contributed by atoms with Gasteiger partial charge in [-0.15, -0.1) is 0 Å². The molecule has 0 heterocycles. The van der Waals surface area contributed by atoms with E-state index in [1.807, 2.05) is 26.0 Å². The third kappa shape index (κ3) is 4.04. The molecule has 0 saturated heterocycles. The van der Waals surface area contributed by atoms with Crippen molar-refractivity contribution in [3.05, 3.63) is 34.3 Å². The minimum absolute atomic E-state index is 0.0161. The van der Waals surface area contributed by atoms with Crippen molar-refractivity contribution in [2.45, 2.75) is 46.1 Å². The quantitative estimate of drug-likeness (QED) is 0.854. The van der Waals surface area contributed by atoms with Crippen molar-refractivity contribution < 1.29 is 4.79 Å². The van der Waals surface area contributed by atoms with Gasteiger partial charge in [-0.3, -0.25) is 4.79 Å². The molecule has 0 spiro atoms. The second-order valence-electron chi connectivity index (χ2n) is 5.61. The van der Waals surface area contributed by atoms with Gasteiger partial charge in [0.15, 0.2) is 0 Å². The van der Waals surface area contributed by atoms with E-state index in [0.29, 0.717) is 10.6 Å². The van der Waals surface area contributed by atoms with Crippen molar-refractivity contribution in [1.29, 1.82) is 0 Å². The van der Waals surface area contributed by atoms with Gasteiger partial charge in [-0.2, -0.15) is 0 Å². The normalized spacial score (nSPS) is 11.7. The molecule has 0 saturated carbocycles. The fourth-order valence-electron chi connectivity index (χ4n) is 1.50. The maximum absolute atomic E-state index is 11.9. The first-order valence-electron chi connectivity index (χ1n) is 5.82. The molecule has 1 amide bonds. The zero-order chi connectivity index (χ0) is 13.2. The van der Waals surface area contributed by atoms with E-state index in [1.54, 1.807) is 6.07 Å².